The van der Waals surface area contributed by atoms with Crippen LogP contribution in [-0.2, 0) is 18.3 Å². The molecule has 1 aliphatic heterocycles. The van der Waals surface area contributed by atoms with Crippen LogP contribution >= 0.6 is 0 Å². The molecule has 20 heavy (non-hydrogen) atoms. The van der Waals surface area contributed by atoms with E-state index in [4.69, 9.17) is 0 Å². The Morgan fingerprint density at radius 1 is 1.50 bits per heavy atom. The smallest absolute Gasteiger partial charge is 0.243 e. The van der Waals surface area contributed by atoms with Gasteiger partial charge in [-0.15, -0.1) is 10.2 Å². The Kier molecular flexibility index (Phi) is 3.14. The molecule has 0 aliphatic carbocycles. The van der Waals surface area contributed by atoms with Gasteiger partial charge in [0.1, 0.15) is 12.4 Å². The number of rotatable bonds is 3. The van der Waals surface area contributed by atoms with Gasteiger partial charge in [-0.1, -0.05) is 18.2 Å². The summed E-state index contributed by atoms with van der Waals surface area (Å²) in [6.07, 6.45) is 2.34. The first-order chi connectivity index (χ1) is 9.65. The van der Waals surface area contributed by atoms with Gasteiger partial charge in [-0.3, -0.25) is 4.79 Å². The standard InChI is InChI=1S/C14H17N5O/c1-9(13-18-15-8-19(13)2)16-14(20)12-7-10-5-3-4-6-11(10)17-12/h3-6,8-9,12,17H,7H2,1-2H3,(H,16,20). The SMILES string of the molecule is CC(NC(=O)C1Cc2ccccc2N1)c1nncn1C. The number of para-hydroxylation sites is 1. The molecule has 2 N–H and O–H groups in total. The molecule has 1 amide bonds. The van der Waals surface area contributed by atoms with Gasteiger partial charge in [-0.05, 0) is 18.6 Å². The van der Waals surface area contributed by atoms with Crippen LogP contribution in [0.15, 0.2) is 30.6 Å². The third-order valence-corrected chi connectivity index (χ3v) is 3.58. The fourth-order valence-corrected chi connectivity index (χ4v) is 2.52. The molecule has 0 fully saturated rings. The molecule has 0 bridgehead atoms. The lowest BCUT2D eigenvalue weighted by molar-refractivity contribution is -0.122. The van der Waals surface area contributed by atoms with Crippen molar-refractivity contribution in [3.63, 3.8) is 0 Å². The van der Waals surface area contributed by atoms with Crippen LogP contribution in [-0.4, -0.2) is 26.7 Å². The molecule has 6 nitrogen and oxygen atoms in total. The van der Waals surface area contributed by atoms with Crippen LogP contribution < -0.4 is 10.6 Å². The minimum Gasteiger partial charge on any atom is -0.373 e. The van der Waals surface area contributed by atoms with Crippen molar-refractivity contribution in [3.8, 4) is 0 Å². The molecule has 0 saturated carbocycles. The maximum absolute atomic E-state index is 12.3. The molecule has 1 aromatic heterocycles. The van der Waals surface area contributed by atoms with E-state index in [1.54, 1.807) is 6.33 Å². The predicted molar refractivity (Wildman–Crippen MR) is 75.1 cm³/mol. The predicted octanol–water partition coefficient (Wildman–Crippen LogP) is 1.03. The molecule has 104 valence electrons. The van der Waals surface area contributed by atoms with Crippen molar-refractivity contribution >= 4 is 11.6 Å². The van der Waals surface area contributed by atoms with Crippen molar-refractivity contribution in [2.45, 2.75) is 25.4 Å². The average molecular weight is 271 g/mol. The largest absolute Gasteiger partial charge is 0.373 e. The molecule has 0 radical (unpaired) electrons. The molecule has 0 saturated heterocycles. The van der Waals surface area contributed by atoms with Gasteiger partial charge in [0, 0.05) is 19.2 Å². The summed E-state index contributed by atoms with van der Waals surface area (Å²) in [5.74, 6) is 0.727. The Morgan fingerprint density at radius 3 is 3.00 bits per heavy atom. The number of nitrogens with one attached hydrogen (secondary N) is 2. The second-order valence-corrected chi connectivity index (χ2v) is 5.09. The number of aryl methyl sites for hydroxylation is 1. The molecule has 3 rings (SSSR count). The first-order valence-corrected chi connectivity index (χ1v) is 6.64. The third kappa shape index (κ3) is 2.24. The van der Waals surface area contributed by atoms with Gasteiger partial charge in [-0.2, -0.15) is 0 Å². The average Bonchev–Trinajstić information content (AvgIpc) is 3.04. The number of amides is 1. The van der Waals surface area contributed by atoms with E-state index in [1.165, 1.54) is 5.56 Å². The lowest BCUT2D eigenvalue weighted by Gasteiger charge is -2.16. The molecule has 1 aromatic carbocycles. The maximum atomic E-state index is 12.3. The first-order valence-electron chi connectivity index (χ1n) is 6.64. The molecular formula is C14H17N5O. The number of carbonyl (C=O) groups excluding carboxylic acids is 1. The normalized spacial score (nSPS) is 18.2. The number of hydrogen-bond acceptors (Lipinski definition) is 4. The summed E-state index contributed by atoms with van der Waals surface area (Å²) in [4.78, 5) is 12.3. The van der Waals surface area contributed by atoms with E-state index in [0.29, 0.717) is 6.42 Å². The van der Waals surface area contributed by atoms with E-state index in [2.05, 4.69) is 20.8 Å². The Labute approximate surface area is 117 Å². The summed E-state index contributed by atoms with van der Waals surface area (Å²) in [5, 5.41) is 14.1. The van der Waals surface area contributed by atoms with Crippen molar-refractivity contribution < 1.29 is 4.79 Å². The van der Waals surface area contributed by atoms with E-state index < -0.39 is 0 Å². The quantitative estimate of drug-likeness (QED) is 0.874. The highest BCUT2D eigenvalue weighted by atomic mass is 16.2. The van der Waals surface area contributed by atoms with Crippen LogP contribution in [0.25, 0.3) is 0 Å². The number of aromatic nitrogens is 3. The highest BCUT2D eigenvalue weighted by Gasteiger charge is 2.27. The monoisotopic (exact) mass is 271 g/mol. The second kappa shape index (κ2) is 4.96. The Hall–Kier alpha value is -2.37. The van der Waals surface area contributed by atoms with Crippen molar-refractivity contribution in [2.24, 2.45) is 7.05 Å². The zero-order valence-corrected chi connectivity index (χ0v) is 11.5. The summed E-state index contributed by atoms with van der Waals surface area (Å²) in [5.41, 5.74) is 2.22. The fraction of sp³-hybridized carbons (Fsp3) is 0.357. The summed E-state index contributed by atoms with van der Waals surface area (Å²) >= 11 is 0. The maximum Gasteiger partial charge on any atom is 0.243 e. The molecule has 0 spiro atoms. The summed E-state index contributed by atoms with van der Waals surface area (Å²) in [7, 11) is 1.86. The minimum absolute atomic E-state index is 0.0169. The summed E-state index contributed by atoms with van der Waals surface area (Å²) in [6, 6.07) is 7.61. The molecule has 1 aliphatic rings. The van der Waals surface area contributed by atoms with Gasteiger partial charge in [0.2, 0.25) is 5.91 Å². The summed E-state index contributed by atoms with van der Waals surface area (Å²) in [6.45, 7) is 1.91. The molecule has 2 unspecified atom stereocenters. The van der Waals surface area contributed by atoms with Crippen LogP contribution in [0.1, 0.15) is 24.4 Å². The van der Waals surface area contributed by atoms with Gasteiger partial charge in [-0.25, -0.2) is 0 Å². The highest BCUT2D eigenvalue weighted by Crippen LogP contribution is 2.25. The Morgan fingerprint density at radius 2 is 2.30 bits per heavy atom. The van der Waals surface area contributed by atoms with Crippen molar-refractivity contribution in [2.75, 3.05) is 5.32 Å². The van der Waals surface area contributed by atoms with Crippen molar-refractivity contribution in [3.05, 3.63) is 42.0 Å². The number of anilines is 1. The topological polar surface area (TPSA) is 71.8 Å². The molecule has 2 atom stereocenters. The number of nitrogens with zero attached hydrogens (tertiary/aromatic N) is 3. The lowest BCUT2D eigenvalue weighted by atomic mass is 10.1. The number of hydrogen-bond donors (Lipinski definition) is 2. The Bertz CT molecular complexity index is 611. The summed E-state index contributed by atoms with van der Waals surface area (Å²) < 4.78 is 1.81. The molecule has 6 heteroatoms. The van der Waals surface area contributed by atoms with E-state index in [0.717, 1.165) is 11.5 Å². The van der Waals surface area contributed by atoms with Crippen LogP contribution in [0.4, 0.5) is 5.69 Å². The molecule has 2 heterocycles. The van der Waals surface area contributed by atoms with E-state index in [1.807, 2.05) is 42.8 Å². The first kappa shape index (κ1) is 12.7. The van der Waals surface area contributed by atoms with Crippen LogP contribution in [0.2, 0.25) is 0 Å². The minimum atomic E-state index is -0.219. The number of benzene rings is 1. The third-order valence-electron chi connectivity index (χ3n) is 3.58. The van der Waals surface area contributed by atoms with Gasteiger partial charge in [0.25, 0.3) is 0 Å². The van der Waals surface area contributed by atoms with Gasteiger partial charge >= 0.3 is 0 Å². The molecule has 2 aromatic rings. The fourth-order valence-electron chi connectivity index (χ4n) is 2.52. The highest BCUT2D eigenvalue weighted by molar-refractivity contribution is 5.87. The lowest BCUT2D eigenvalue weighted by Crippen LogP contribution is -2.40. The van der Waals surface area contributed by atoms with Crippen LogP contribution in [0.5, 0.6) is 0 Å². The van der Waals surface area contributed by atoms with E-state index in [9.17, 15) is 4.79 Å². The Balaban J connectivity index is 1.66. The van der Waals surface area contributed by atoms with Gasteiger partial charge in [0.05, 0.1) is 6.04 Å². The van der Waals surface area contributed by atoms with Crippen LogP contribution in [0.3, 0.4) is 0 Å². The van der Waals surface area contributed by atoms with Crippen molar-refractivity contribution in [1.29, 1.82) is 0 Å². The number of carbonyl (C=O) groups is 1. The van der Waals surface area contributed by atoms with E-state index >= 15 is 0 Å². The van der Waals surface area contributed by atoms with Crippen LogP contribution in [0, 0.1) is 0 Å². The van der Waals surface area contributed by atoms with Gasteiger partial charge in [0.15, 0.2) is 5.82 Å². The molecular weight excluding hydrogens is 254 g/mol. The zero-order valence-electron chi connectivity index (χ0n) is 11.5. The zero-order chi connectivity index (χ0) is 14.1. The number of fused-ring (bicyclic) bond motifs is 1. The second-order valence-electron chi connectivity index (χ2n) is 5.09. The van der Waals surface area contributed by atoms with Crippen molar-refractivity contribution in [1.82, 2.24) is 20.1 Å². The van der Waals surface area contributed by atoms with E-state index in [-0.39, 0.29) is 18.0 Å². The van der Waals surface area contributed by atoms with Gasteiger partial charge < -0.3 is 15.2 Å².